The first kappa shape index (κ1) is 15.4. The van der Waals surface area contributed by atoms with Crippen molar-refractivity contribution in [2.45, 2.75) is 6.42 Å². The van der Waals surface area contributed by atoms with E-state index in [9.17, 15) is 4.79 Å². The van der Waals surface area contributed by atoms with Crippen LogP contribution in [0.4, 0.5) is 0 Å². The number of carbonyl (C=O) groups excluding carboxylic acids is 1. The molecule has 0 aliphatic carbocycles. The SMILES string of the molecule is C[NH+]1CCCN(C(=O)/C=C/c2ccc(Cl)cc2Cl)CC1. The van der Waals surface area contributed by atoms with Crippen LogP contribution in [0.3, 0.4) is 0 Å². The van der Waals surface area contributed by atoms with E-state index in [1.165, 1.54) is 4.90 Å². The molecule has 0 saturated carbocycles. The maximum absolute atomic E-state index is 12.2. The quantitative estimate of drug-likeness (QED) is 0.827. The third kappa shape index (κ3) is 4.23. The number of amides is 1. The van der Waals surface area contributed by atoms with Gasteiger partial charge in [0.2, 0.25) is 5.91 Å². The summed E-state index contributed by atoms with van der Waals surface area (Å²) < 4.78 is 0. The lowest BCUT2D eigenvalue weighted by molar-refractivity contribution is -0.877. The number of rotatable bonds is 2. The van der Waals surface area contributed by atoms with Gasteiger partial charge in [-0.2, -0.15) is 0 Å². The summed E-state index contributed by atoms with van der Waals surface area (Å²) in [7, 11) is 2.16. The molecule has 1 unspecified atom stereocenters. The highest BCUT2D eigenvalue weighted by Gasteiger charge is 2.17. The fourth-order valence-electron chi connectivity index (χ4n) is 2.26. The first-order chi connectivity index (χ1) is 9.56. The molecule has 1 saturated heterocycles. The summed E-state index contributed by atoms with van der Waals surface area (Å²) >= 11 is 11.9. The third-order valence-corrected chi connectivity index (χ3v) is 4.08. The van der Waals surface area contributed by atoms with Crippen LogP contribution >= 0.6 is 23.2 Å². The van der Waals surface area contributed by atoms with Crippen molar-refractivity contribution in [2.24, 2.45) is 0 Å². The van der Waals surface area contributed by atoms with E-state index in [4.69, 9.17) is 23.2 Å². The molecule has 1 aromatic rings. The van der Waals surface area contributed by atoms with Gasteiger partial charge in [-0.1, -0.05) is 29.3 Å². The third-order valence-electron chi connectivity index (χ3n) is 3.52. The molecule has 1 N–H and O–H groups in total. The Kier molecular flexibility index (Phi) is 5.46. The normalized spacial score (nSPS) is 20.1. The minimum atomic E-state index is 0.0470. The van der Waals surface area contributed by atoms with Crippen molar-refractivity contribution in [3.05, 3.63) is 39.9 Å². The molecule has 20 heavy (non-hydrogen) atoms. The Morgan fingerprint density at radius 3 is 2.85 bits per heavy atom. The molecular formula is C15H19Cl2N2O+. The summed E-state index contributed by atoms with van der Waals surface area (Å²) in [6, 6.07) is 5.26. The number of hydrogen-bond donors (Lipinski definition) is 1. The maximum Gasteiger partial charge on any atom is 0.246 e. The Bertz CT molecular complexity index is 517. The van der Waals surface area contributed by atoms with Crippen LogP contribution in [0.2, 0.25) is 10.0 Å². The van der Waals surface area contributed by atoms with E-state index in [0.29, 0.717) is 10.0 Å². The molecule has 3 nitrogen and oxygen atoms in total. The van der Waals surface area contributed by atoms with Gasteiger partial charge in [0.1, 0.15) is 0 Å². The van der Waals surface area contributed by atoms with Crippen LogP contribution in [0.25, 0.3) is 6.08 Å². The fraction of sp³-hybridized carbons (Fsp3) is 0.400. The molecular weight excluding hydrogens is 295 g/mol. The molecule has 5 heteroatoms. The molecule has 1 aliphatic heterocycles. The average molecular weight is 314 g/mol. The zero-order valence-corrected chi connectivity index (χ0v) is 13.0. The van der Waals surface area contributed by atoms with Crippen molar-refractivity contribution in [3.8, 4) is 0 Å². The Hall–Kier alpha value is -1.03. The summed E-state index contributed by atoms with van der Waals surface area (Å²) in [6.07, 6.45) is 4.39. The smallest absolute Gasteiger partial charge is 0.246 e. The largest absolute Gasteiger partial charge is 0.336 e. The van der Waals surface area contributed by atoms with Gasteiger partial charge in [0.05, 0.1) is 26.7 Å². The zero-order chi connectivity index (χ0) is 14.5. The van der Waals surface area contributed by atoms with Crippen molar-refractivity contribution < 1.29 is 9.69 Å². The van der Waals surface area contributed by atoms with Gasteiger partial charge in [-0.3, -0.25) is 4.79 Å². The van der Waals surface area contributed by atoms with Gasteiger partial charge in [0.25, 0.3) is 0 Å². The number of hydrogen-bond acceptors (Lipinski definition) is 1. The Morgan fingerprint density at radius 1 is 1.30 bits per heavy atom. The van der Waals surface area contributed by atoms with Crippen molar-refractivity contribution in [1.29, 1.82) is 0 Å². The molecule has 1 fully saturated rings. The van der Waals surface area contributed by atoms with Crippen molar-refractivity contribution >= 4 is 35.2 Å². The highest BCUT2D eigenvalue weighted by atomic mass is 35.5. The topological polar surface area (TPSA) is 24.8 Å². The lowest BCUT2D eigenvalue weighted by Gasteiger charge is -2.17. The van der Waals surface area contributed by atoms with Crippen LogP contribution < -0.4 is 4.90 Å². The van der Waals surface area contributed by atoms with E-state index in [1.54, 1.807) is 24.3 Å². The molecule has 1 heterocycles. The second kappa shape index (κ2) is 7.11. The molecule has 0 bridgehead atoms. The molecule has 0 aromatic heterocycles. The fourth-order valence-corrected chi connectivity index (χ4v) is 2.73. The van der Waals surface area contributed by atoms with Gasteiger partial charge in [-0.15, -0.1) is 0 Å². The Morgan fingerprint density at radius 2 is 2.10 bits per heavy atom. The molecule has 2 rings (SSSR count). The second-order valence-corrected chi connectivity index (χ2v) is 5.98. The first-order valence-electron chi connectivity index (χ1n) is 6.79. The van der Waals surface area contributed by atoms with Crippen LogP contribution in [0.1, 0.15) is 12.0 Å². The van der Waals surface area contributed by atoms with Gasteiger partial charge >= 0.3 is 0 Å². The summed E-state index contributed by atoms with van der Waals surface area (Å²) in [6.45, 7) is 3.76. The van der Waals surface area contributed by atoms with E-state index in [2.05, 4.69) is 7.05 Å². The van der Waals surface area contributed by atoms with Crippen LogP contribution in [0, 0.1) is 0 Å². The van der Waals surface area contributed by atoms with Crippen molar-refractivity contribution in [1.82, 2.24) is 4.90 Å². The van der Waals surface area contributed by atoms with E-state index in [0.717, 1.165) is 38.2 Å². The monoisotopic (exact) mass is 313 g/mol. The molecule has 1 amide bonds. The van der Waals surface area contributed by atoms with E-state index in [-0.39, 0.29) is 5.91 Å². The Balaban J connectivity index is 2.01. The summed E-state index contributed by atoms with van der Waals surface area (Å²) in [4.78, 5) is 15.5. The van der Waals surface area contributed by atoms with Crippen molar-refractivity contribution in [3.63, 3.8) is 0 Å². The lowest BCUT2D eigenvalue weighted by Crippen LogP contribution is -3.09. The van der Waals surface area contributed by atoms with E-state index >= 15 is 0 Å². The van der Waals surface area contributed by atoms with Gasteiger partial charge < -0.3 is 9.80 Å². The number of quaternary nitrogens is 1. The van der Waals surface area contributed by atoms with Gasteiger partial charge in [-0.05, 0) is 23.8 Å². The van der Waals surface area contributed by atoms with E-state index < -0.39 is 0 Å². The number of nitrogens with one attached hydrogen (secondary N) is 1. The van der Waals surface area contributed by atoms with Crippen LogP contribution in [-0.2, 0) is 4.79 Å². The summed E-state index contributed by atoms with van der Waals surface area (Å²) in [5, 5.41) is 1.15. The van der Waals surface area contributed by atoms with Crippen LogP contribution in [-0.4, -0.2) is 44.0 Å². The zero-order valence-electron chi connectivity index (χ0n) is 11.5. The van der Waals surface area contributed by atoms with Crippen LogP contribution in [0.5, 0.6) is 0 Å². The minimum absolute atomic E-state index is 0.0470. The van der Waals surface area contributed by atoms with Gasteiger partial charge in [0, 0.05) is 29.1 Å². The van der Waals surface area contributed by atoms with E-state index in [1.807, 2.05) is 11.0 Å². The molecule has 0 radical (unpaired) electrons. The maximum atomic E-state index is 12.2. The Labute approximate surface area is 129 Å². The number of likely N-dealkylation sites (N-methyl/N-ethyl adjacent to an activating group) is 1. The lowest BCUT2D eigenvalue weighted by atomic mass is 10.2. The number of benzene rings is 1. The average Bonchev–Trinajstić information content (AvgIpc) is 2.62. The standard InChI is InChI=1S/C15H18Cl2N2O/c1-18-7-2-8-19(10-9-18)15(20)6-4-12-3-5-13(16)11-14(12)17/h3-6,11H,2,7-10H2,1H3/p+1/b6-4+. The molecule has 1 aromatic carbocycles. The molecule has 108 valence electrons. The molecule has 0 spiro atoms. The van der Waals surface area contributed by atoms with Gasteiger partial charge in [0.15, 0.2) is 0 Å². The number of carbonyl (C=O) groups is 1. The second-order valence-electron chi connectivity index (χ2n) is 5.14. The predicted molar refractivity (Wildman–Crippen MR) is 83.3 cm³/mol. The highest BCUT2D eigenvalue weighted by Crippen LogP contribution is 2.22. The number of nitrogens with zero attached hydrogens (tertiary/aromatic N) is 1. The number of halogens is 2. The minimum Gasteiger partial charge on any atom is -0.336 e. The van der Waals surface area contributed by atoms with Gasteiger partial charge in [-0.25, -0.2) is 0 Å². The summed E-state index contributed by atoms with van der Waals surface area (Å²) in [5.41, 5.74) is 0.807. The van der Waals surface area contributed by atoms with Crippen molar-refractivity contribution in [2.75, 3.05) is 33.2 Å². The summed E-state index contributed by atoms with van der Waals surface area (Å²) in [5.74, 6) is 0.0470. The van der Waals surface area contributed by atoms with Crippen LogP contribution in [0.15, 0.2) is 24.3 Å². The predicted octanol–water partition coefficient (Wildman–Crippen LogP) is 1.75. The molecule has 1 aliphatic rings. The first-order valence-corrected chi connectivity index (χ1v) is 7.55. The highest BCUT2D eigenvalue weighted by molar-refractivity contribution is 6.35. The molecule has 1 atom stereocenters.